The standard InChI is InChI=1S/C13H11BrCl2N2O/c1-18(13(19)12-5-9(14)6-17-12)7-8-2-3-10(15)11(16)4-8/h2-6,17H,7H2,1H3. The molecule has 100 valence electrons. The van der Waals surface area contributed by atoms with Crippen molar-refractivity contribution in [3.05, 3.63) is 56.2 Å². The van der Waals surface area contributed by atoms with Gasteiger partial charge in [0.25, 0.3) is 5.91 Å². The quantitative estimate of drug-likeness (QED) is 0.866. The van der Waals surface area contributed by atoms with Crippen molar-refractivity contribution in [2.45, 2.75) is 6.54 Å². The number of nitrogens with zero attached hydrogens (tertiary/aromatic N) is 1. The van der Waals surface area contributed by atoms with Gasteiger partial charge in [0.2, 0.25) is 0 Å². The Hall–Kier alpha value is -0.970. The van der Waals surface area contributed by atoms with Crippen LogP contribution in [-0.2, 0) is 6.54 Å². The molecule has 1 N–H and O–H groups in total. The van der Waals surface area contributed by atoms with Crippen LogP contribution in [0.3, 0.4) is 0 Å². The first-order chi connectivity index (χ1) is 8.97. The molecule has 0 saturated heterocycles. The summed E-state index contributed by atoms with van der Waals surface area (Å²) in [7, 11) is 1.74. The molecule has 1 aromatic carbocycles. The highest BCUT2D eigenvalue weighted by Crippen LogP contribution is 2.23. The van der Waals surface area contributed by atoms with Crippen molar-refractivity contribution in [3.8, 4) is 0 Å². The predicted octanol–water partition coefficient (Wildman–Crippen LogP) is 4.36. The Kier molecular flexibility index (Phi) is 4.55. The van der Waals surface area contributed by atoms with Crippen LogP contribution in [0.15, 0.2) is 34.9 Å². The molecule has 1 heterocycles. The van der Waals surface area contributed by atoms with Crippen LogP contribution in [0, 0.1) is 0 Å². The van der Waals surface area contributed by atoms with Gasteiger partial charge in [-0.05, 0) is 39.7 Å². The van der Waals surface area contributed by atoms with Crippen LogP contribution in [0.1, 0.15) is 16.1 Å². The first-order valence-electron chi connectivity index (χ1n) is 5.50. The fraction of sp³-hybridized carbons (Fsp3) is 0.154. The summed E-state index contributed by atoms with van der Waals surface area (Å²) in [6.07, 6.45) is 1.72. The van der Waals surface area contributed by atoms with Gasteiger partial charge in [0, 0.05) is 24.3 Å². The maximum absolute atomic E-state index is 12.1. The molecule has 1 amide bonds. The van der Waals surface area contributed by atoms with E-state index >= 15 is 0 Å². The number of hydrogen-bond donors (Lipinski definition) is 1. The third-order valence-electron chi connectivity index (χ3n) is 2.63. The normalized spacial score (nSPS) is 10.5. The molecule has 0 fully saturated rings. The summed E-state index contributed by atoms with van der Waals surface area (Å²) in [5, 5.41) is 0.996. The van der Waals surface area contributed by atoms with Crippen LogP contribution in [0.4, 0.5) is 0 Å². The third-order valence-corrected chi connectivity index (χ3v) is 3.83. The zero-order valence-electron chi connectivity index (χ0n) is 10.1. The zero-order chi connectivity index (χ0) is 14.0. The Labute approximate surface area is 129 Å². The van der Waals surface area contributed by atoms with E-state index in [2.05, 4.69) is 20.9 Å². The number of carbonyl (C=O) groups is 1. The molecule has 1 aromatic heterocycles. The van der Waals surface area contributed by atoms with E-state index in [1.54, 1.807) is 36.3 Å². The van der Waals surface area contributed by atoms with Gasteiger partial charge in [-0.25, -0.2) is 0 Å². The largest absolute Gasteiger partial charge is 0.356 e. The molecule has 0 unspecified atom stereocenters. The van der Waals surface area contributed by atoms with E-state index in [4.69, 9.17) is 23.2 Å². The van der Waals surface area contributed by atoms with E-state index in [0.717, 1.165) is 10.0 Å². The first kappa shape index (κ1) is 14.4. The van der Waals surface area contributed by atoms with E-state index in [1.807, 2.05) is 6.07 Å². The smallest absolute Gasteiger partial charge is 0.270 e. The van der Waals surface area contributed by atoms with Crippen molar-refractivity contribution in [2.75, 3.05) is 7.05 Å². The van der Waals surface area contributed by atoms with Crippen LogP contribution in [-0.4, -0.2) is 22.8 Å². The molecule has 0 aliphatic heterocycles. The highest BCUT2D eigenvalue weighted by Gasteiger charge is 2.14. The number of aromatic amines is 1. The number of nitrogens with one attached hydrogen (secondary N) is 1. The lowest BCUT2D eigenvalue weighted by atomic mass is 10.2. The average molecular weight is 362 g/mol. The van der Waals surface area contributed by atoms with Gasteiger partial charge in [0.1, 0.15) is 5.69 Å². The molecule has 2 aromatic rings. The van der Waals surface area contributed by atoms with Crippen LogP contribution in [0.25, 0.3) is 0 Å². The highest BCUT2D eigenvalue weighted by molar-refractivity contribution is 9.10. The van der Waals surface area contributed by atoms with Gasteiger partial charge in [-0.3, -0.25) is 4.79 Å². The number of aromatic nitrogens is 1. The van der Waals surface area contributed by atoms with Crippen molar-refractivity contribution in [1.82, 2.24) is 9.88 Å². The summed E-state index contributed by atoms with van der Waals surface area (Å²) < 4.78 is 0.846. The number of carbonyl (C=O) groups excluding carboxylic acids is 1. The molecule has 0 aliphatic carbocycles. The van der Waals surface area contributed by atoms with Crippen LogP contribution in [0.5, 0.6) is 0 Å². The van der Waals surface area contributed by atoms with Crippen molar-refractivity contribution >= 4 is 45.0 Å². The SMILES string of the molecule is CN(Cc1ccc(Cl)c(Cl)c1)C(=O)c1cc(Br)c[nH]1. The van der Waals surface area contributed by atoms with Gasteiger partial charge in [-0.2, -0.15) is 0 Å². The summed E-state index contributed by atoms with van der Waals surface area (Å²) in [5.74, 6) is -0.0863. The van der Waals surface area contributed by atoms with Gasteiger partial charge in [-0.15, -0.1) is 0 Å². The fourth-order valence-electron chi connectivity index (χ4n) is 1.68. The third kappa shape index (κ3) is 3.53. The van der Waals surface area contributed by atoms with Crippen LogP contribution >= 0.6 is 39.1 Å². The van der Waals surface area contributed by atoms with E-state index in [9.17, 15) is 4.79 Å². The second kappa shape index (κ2) is 5.99. The second-order valence-corrected chi connectivity index (χ2v) is 5.87. The Morgan fingerprint density at radius 1 is 1.32 bits per heavy atom. The summed E-state index contributed by atoms with van der Waals surface area (Å²) >= 11 is 15.1. The Bertz CT molecular complexity index is 612. The van der Waals surface area contributed by atoms with E-state index < -0.39 is 0 Å². The summed E-state index contributed by atoms with van der Waals surface area (Å²) in [6, 6.07) is 7.08. The van der Waals surface area contributed by atoms with Crippen LogP contribution in [0.2, 0.25) is 10.0 Å². The highest BCUT2D eigenvalue weighted by atomic mass is 79.9. The number of halogens is 3. The molecule has 0 bridgehead atoms. The summed E-state index contributed by atoms with van der Waals surface area (Å²) in [4.78, 5) is 16.6. The molecule has 0 aliphatic rings. The number of amides is 1. The first-order valence-corrected chi connectivity index (χ1v) is 7.05. The molecule has 6 heteroatoms. The van der Waals surface area contributed by atoms with E-state index in [1.165, 1.54) is 0 Å². The fourth-order valence-corrected chi connectivity index (χ4v) is 2.34. The van der Waals surface area contributed by atoms with Crippen molar-refractivity contribution in [2.24, 2.45) is 0 Å². The van der Waals surface area contributed by atoms with Gasteiger partial charge >= 0.3 is 0 Å². The van der Waals surface area contributed by atoms with Gasteiger partial charge in [0.15, 0.2) is 0 Å². The van der Waals surface area contributed by atoms with Crippen molar-refractivity contribution < 1.29 is 4.79 Å². The Morgan fingerprint density at radius 3 is 2.63 bits per heavy atom. The minimum absolute atomic E-state index is 0.0863. The van der Waals surface area contributed by atoms with Crippen molar-refractivity contribution in [3.63, 3.8) is 0 Å². The minimum Gasteiger partial charge on any atom is -0.356 e. The molecular formula is C13H11BrCl2N2O. The summed E-state index contributed by atoms with van der Waals surface area (Å²) in [6.45, 7) is 0.465. The lowest BCUT2D eigenvalue weighted by molar-refractivity contribution is 0.0780. The molecule has 0 saturated carbocycles. The molecule has 19 heavy (non-hydrogen) atoms. The number of benzene rings is 1. The lowest BCUT2D eigenvalue weighted by Crippen LogP contribution is -2.26. The van der Waals surface area contributed by atoms with Gasteiger partial charge in [-0.1, -0.05) is 29.3 Å². The van der Waals surface area contributed by atoms with Crippen LogP contribution < -0.4 is 0 Å². The molecule has 0 spiro atoms. The number of H-pyrrole nitrogens is 1. The van der Waals surface area contributed by atoms with E-state index in [-0.39, 0.29) is 5.91 Å². The Morgan fingerprint density at radius 2 is 2.05 bits per heavy atom. The molecule has 0 radical (unpaired) electrons. The number of hydrogen-bond acceptors (Lipinski definition) is 1. The Balaban J connectivity index is 2.10. The maximum atomic E-state index is 12.1. The molecule has 3 nitrogen and oxygen atoms in total. The molecule has 0 atom stereocenters. The average Bonchev–Trinajstić information content (AvgIpc) is 2.79. The van der Waals surface area contributed by atoms with E-state index in [0.29, 0.717) is 22.3 Å². The summed E-state index contributed by atoms with van der Waals surface area (Å²) in [5.41, 5.74) is 1.46. The minimum atomic E-state index is -0.0863. The topological polar surface area (TPSA) is 36.1 Å². The predicted molar refractivity (Wildman–Crippen MR) is 80.8 cm³/mol. The van der Waals surface area contributed by atoms with Gasteiger partial charge < -0.3 is 9.88 Å². The monoisotopic (exact) mass is 360 g/mol. The van der Waals surface area contributed by atoms with Gasteiger partial charge in [0.05, 0.1) is 10.0 Å². The lowest BCUT2D eigenvalue weighted by Gasteiger charge is -2.16. The molecule has 2 rings (SSSR count). The molecular weight excluding hydrogens is 351 g/mol. The maximum Gasteiger partial charge on any atom is 0.270 e. The zero-order valence-corrected chi connectivity index (χ0v) is 13.2. The number of rotatable bonds is 3. The van der Waals surface area contributed by atoms with Crippen molar-refractivity contribution in [1.29, 1.82) is 0 Å². The second-order valence-electron chi connectivity index (χ2n) is 4.14.